The Bertz CT molecular complexity index is 377. The molecular formula is C12H17NO3. The third kappa shape index (κ3) is 2.45. The first-order chi connectivity index (χ1) is 7.63. The van der Waals surface area contributed by atoms with E-state index in [9.17, 15) is 4.79 Å². The number of hydrogen-bond donors (Lipinski definition) is 0. The number of hydrogen-bond acceptors (Lipinski definition) is 3. The minimum atomic E-state index is 0.0622. The van der Waals surface area contributed by atoms with Crippen LogP contribution in [0.4, 0.5) is 5.69 Å². The van der Waals surface area contributed by atoms with Crippen LogP contribution in [0.5, 0.6) is 11.5 Å². The first kappa shape index (κ1) is 12.4. The maximum atomic E-state index is 11.5. The van der Waals surface area contributed by atoms with Gasteiger partial charge in [-0.15, -0.1) is 0 Å². The molecule has 0 N–H and O–H groups in total. The van der Waals surface area contributed by atoms with Crippen LogP contribution in [0.25, 0.3) is 0 Å². The van der Waals surface area contributed by atoms with E-state index in [-0.39, 0.29) is 5.91 Å². The zero-order chi connectivity index (χ0) is 12.1. The number of carbonyl (C=O) groups is 1. The van der Waals surface area contributed by atoms with Crippen LogP contribution in [0.3, 0.4) is 0 Å². The van der Waals surface area contributed by atoms with Crippen molar-refractivity contribution >= 4 is 11.6 Å². The normalized spacial score (nSPS) is 9.75. The number of benzene rings is 1. The van der Waals surface area contributed by atoms with E-state index in [0.717, 1.165) is 5.69 Å². The van der Waals surface area contributed by atoms with Gasteiger partial charge in [0.2, 0.25) is 5.91 Å². The second-order valence-corrected chi connectivity index (χ2v) is 3.35. The van der Waals surface area contributed by atoms with Crippen molar-refractivity contribution in [2.45, 2.75) is 13.3 Å². The molecule has 88 valence electrons. The van der Waals surface area contributed by atoms with Crippen molar-refractivity contribution in [3.8, 4) is 11.5 Å². The van der Waals surface area contributed by atoms with Gasteiger partial charge >= 0.3 is 0 Å². The van der Waals surface area contributed by atoms with Crippen LogP contribution in [0.2, 0.25) is 0 Å². The summed E-state index contributed by atoms with van der Waals surface area (Å²) < 4.78 is 10.3. The predicted octanol–water partition coefficient (Wildman–Crippen LogP) is 2.08. The highest BCUT2D eigenvalue weighted by Crippen LogP contribution is 2.31. The Hall–Kier alpha value is -1.71. The summed E-state index contributed by atoms with van der Waals surface area (Å²) in [5.74, 6) is 1.34. The largest absolute Gasteiger partial charge is 0.493 e. The zero-order valence-corrected chi connectivity index (χ0v) is 10.1. The fourth-order valence-corrected chi connectivity index (χ4v) is 1.41. The average Bonchev–Trinajstić information content (AvgIpc) is 2.35. The molecule has 0 unspecified atom stereocenters. The van der Waals surface area contributed by atoms with Gasteiger partial charge in [0.1, 0.15) is 0 Å². The fourth-order valence-electron chi connectivity index (χ4n) is 1.41. The lowest BCUT2D eigenvalue weighted by Gasteiger charge is -2.18. The summed E-state index contributed by atoms with van der Waals surface area (Å²) >= 11 is 0. The van der Waals surface area contributed by atoms with Gasteiger partial charge in [0.15, 0.2) is 11.5 Å². The summed E-state index contributed by atoms with van der Waals surface area (Å²) in [6.07, 6.45) is 0.477. The van der Waals surface area contributed by atoms with Crippen molar-refractivity contribution in [2.75, 3.05) is 26.2 Å². The quantitative estimate of drug-likeness (QED) is 0.784. The van der Waals surface area contributed by atoms with Crippen LogP contribution in [-0.2, 0) is 4.79 Å². The molecule has 0 heterocycles. The number of anilines is 1. The zero-order valence-electron chi connectivity index (χ0n) is 10.1. The monoisotopic (exact) mass is 223 g/mol. The van der Waals surface area contributed by atoms with Crippen LogP contribution in [0.15, 0.2) is 18.2 Å². The van der Waals surface area contributed by atoms with Crippen LogP contribution in [-0.4, -0.2) is 27.2 Å². The van der Waals surface area contributed by atoms with Crippen molar-refractivity contribution in [1.29, 1.82) is 0 Å². The molecule has 0 aliphatic carbocycles. The molecule has 1 aromatic carbocycles. The van der Waals surface area contributed by atoms with Gasteiger partial charge in [-0.25, -0.2) is 0 Å². The maximum Gasteiger partial charge on any atom is 0.226 e. The Morgan fingerprint density at radius 1 is 1.25 bits per heavy atom. The van der Waals surface area contributed by atoms with E-state index in [1.807, 2.05) is 13.0 Å². The maximum absolute atomic E-state index is 11.5. The Morgan fingerprint density at radius 2 is 1.88 bits per heavy atom. The van der Waals surface area contributed by atoms with Gasteiger partial charge < -0.3 is 14.4 Å². The lowest BCUT2D eigenvalue weighted by Crippen LogP contribution is -2.24. The molecular weight excluding hydrogens is 206 g/mol. The molecule has 0 saturated carbocycles. The molecule has 16 heavy (non-hydrogen) atoms. The molecule has 0 saturated heterocycles. The first-order valence-electron chi connectivity index (χ1n) is 5.12. The van der Waals surface area contributed by atoms with Gasteiger partial charge in [-0.3, -0.25) is 4.79 Å². The van der Waals surface area contributed by atoms with Gasteiger partial charge in [-0.2, -0.15) is 0 Å². The van der Waals surface area contributed by atoms with Gasteiger partial charge in [0.05, 0.1) is 14.2 Å². The van der Waals surface area contributed by atoms with E-state index in [1.54, 1.807) is 38.3 Å². The Morgan fingerprint density at radius 3 is 2.38 bits per heavy atom. The summed E-state index contributed by atoms with van der Waals surface area (Å²) in [6.45, 7) is 1.83. The summed E-state index contributed by atoms with van der Waals surface area (Å²) in [4.78, 5) is 13.1. The van der Waals surface area contributed by atoms with E-state index in [1.165, 1.54) is 0 Å². The van der Waals surface area contributed by atoms with Crippen molar-refractivity contribution < 1.29 is 14.3 Å². The molecule has 0 radical (unpaired) electrons. The number of carbonyl (C=O) groups excluding carboxylic acids is 1. The van der Waals surface area contributed by atoms with Gasteiger partial charge in [0, 0.05) is 25.2 Å². The second kappa shape index (κ2) is 5.39. The molecule has 1 rings (SSSR count). The lowest BCUT2D eigenvalue weighted by atomic mass is 10.2. The highest BCUT2D eigenvalue weighted by atomic mass is 16.5. The average molecular weight is 223 g/mol. The van der Waals surface area contributed by atoms with Crippen LogP contribution in [0, 0.1) is 0 Å². The standard InChI is InChI=1S/C12H17NO3/c1-5-12(14)13(2)9-6-7-10(15-3)11(8-9)16-4/h6-8H,5H2,1-4H3. The number of ether oxygens (including phenoxy) is 2. The van der Waals surface area contributed by atoms with Crippen LogP contribution < -0.4 is 14.4 Å². The van der Waals surface area contributed by atoms with Gasteiger partial charge in [-0.05, 0) is 12.1 Å². The van der Waals surface area contributed by atoms with Crippen LogP contribution in [0.1, 0.15) is 13.3 Å². The molecule has 4 nitrogen and oxygen atoms in total. The highest BCUT2D eigenvalue weighted by molar-refractivity contribution is 5.92. The van der Waals surface area contributed by atoms with Crippen molar-refractivity contribution in [1.82, 2.24) is 0 Å². The number of nitrogens with zero attached hydrogens (tertiary/aromatic N) is 1. The molecule has 0 spiro atoms. The first-order valence-corrected chi connectivity index (χ1v) is 5.12. The fraction of sp³-hybridized carbons (Fsp3) is 0.417. The van der Waals surface area contributed by atoms with E-state index >= 15 is 0 Å². The third-order valence-electron chi connectivity index (χ3n) is 2.43. The number of methoxy groups -OCH3 is 2. The topological polar surface area (TPSA) is 38.8 Å². The van der Waals surface area contributed by atoms with Gasteiger partial charge in [0.25, 0.3) is 0 Å². The Kier molecular flexibility index (Phi) is 4.17. The lowest BCUT2D eigenvalue weighted by molar-refractivity contribution is -0.118. The van der Waals surface area contributed by atoms with E-state index < -0.39 is 0 Å². The number of amides is 1. The molecule has 0 bridgehead atoms. The minimum absolute atomic E-state index is 0.0622. The molecule has 1 aromatic rings. The van der Waals surface area contributed by atoms with E-state index in [2.05, 4.69) is 0 Å². The highest BCUT2D eigenvalue weighted by Gasteiger charge is 2.11. The molecule has 0 atom stereocenters. The minimum Gasteiger partial charge on any atom is -0.493 e. The van der Waals surface area contributed by atoms with Crippen molar-refractivity contribution in [3.63, 3.8) is 0 Å². The summed E-state index contributed by atoms with van der Waals surface area (Å²) in [6, 6.07) is 5.40. The predicted molar refractivity (Wildman–Crippen MR) is 63.2 cm³/mol. The molecule has 0 aliphatic heterocycles. The van der Waals surface area contributed by atoms with Crippen molar-refractivity contribution in [2.24, 2.45) is 0 Å². The van der Waals surface area contributed by atoms with Crippen LogP contribution >= 0.6 is 0 Å². The van der Waals surface area contributed by atoms with Crippen molar-refractivity contribution in [3.05, 3.63) is 18.2 Å². The third-order valence-corrected chi connectivity index (χ3v) is 2.43. The Balaban J connectivity index is 3.03. The molecule has 0 fully saturated rings. The molecule has 0 aliphatic rings. The number of rotatable bonds is 4. The SMILES string of the molecule is CCC(=O)N(C)c1ccc(OC)c(OC)c1. The smallest absolute Gasteiger partial charge is 0.226 e. The summed E-state index contributed by atoms with van der Waals surface area (Å²) in [5, 5.41) is 0. The molecule has 0 aromatic heterocycles. The summed E-state index contributed by atoms with van der Waals surface area (Å²) in [7, 11) is 4.90. The summed E-state index contributed by atoms with van der Waals surface area (Å²) in [5.41, 5.74) is 0.796. The molecule has 1 amide bonds. The molecule has 4 heteroatoms. The van der Waals surface area contributed by atoms with Gasteiger partial charge in [-0.1, -0.05) is 6.92 Å². The Labute approximate surface area is 95.8 Å². The second-order valence-electron chi connectivity index (χ2n) is 3.35. The van der Waals surface area contributed by atoms with E-state index in [0.29, 0.717) is 17.9 Å². The van der Waals surface area contributed by atoms with E-state index in [4.69, 9.17) is 9.47 Å².